The molecular formula is C33H53N5O3. The molecule has 0 aromatic carbocycles. The third kappa shape index (κ3) is 10.2. The van der Waals surface area contributed by atoms with Crippen molar-refractivity contribution < 1.29 is 14.3 Å². The molecule has 0 radical (unpaired) electrons. The second-order valence-electron chi connectivity index (χ2n) is 11.8. The molecule has 1 saturated heterocycles. The Bertz CT molecular complexity index is 1150. The molecule has 2 heterocycles. The van der Waals surface area contributed by atoms with Gasteiger partial charge >= 0.3 is 6.09 Å². The van der Waals surface area contributed by atoms with Gasteiger partial charge in [-0.2, -0.15) is 0 Å². The molecule has 1 aliphatic heterocycles. The minimum Gasteiger partial charge on any atom is -0.444 e. The summed E-state index contributed by atoms with van der Waals surface area (Å²) in [6.45, 7) is 19.4. The lowest BCUT2D eigenvalue weighted by Crippen LogP contribution is -2.49. The van der Waals surface area contributed by atoms with Crippen LogP contribution in [0, 0.1) is 5.92 Å². The Morgan fingerprint density at radius 1 is 1.07 bits per heavy atom. The van der Waals surface area contributed by atoms with Crippen LogP contribution in [-0.4, -0.2) is 63.9 Å². The summed E-state index contributed by atoms with van der Waals surface area (Å²) in [5.74, 6) is 0.299. The van der Waals surface area contributed by atoms with Crippen LogP contribution < -0.4 is 5.73 Å². The van der Waals surface area contributed by atoms with Crippen LogP contribution in [0.15, 0.2) is 52.3 Å². The van der Waals surface area contributed by atoms with Gasteiger partial charge in [0.05, 0.1) is 0 Å². The molecule has 1 aromatic rings. The van der Waals surface area contributed by atoms with Crippen molar-refractivity contribution in [1.29, 1.82) is 0 Å². The summed E-state index contributed by atoms with van der Waals surface area (Å²) >= 11 is 0. The molecule has 0 unspecified atom stereocenters. The highest BCUT2D eigenvalue weighted by atomic mass is 16.6. The molecule has 1 saturated carbocycles. The summed E-state index contributed by atoms with van der Waals surface area (Å²) in [5.41, 5.74) is 11.5. The molecule has 1 aromatic heterocycles. The number of nitrogens with two attached hydrogens (primary N) is 1. The van der Waals surface area contributed by atoms with Crippen LogP contribution in [0.25, 0.3) is 0 Å². The van der Waals surface area contributed by atoms with Crippen LogP contribution in [-0.2, 0) is 18.2 Å². The standard InChI is InChI=1S/C24H39N3O2.C9H14N2O/c1-8-10-13-25-18(3)22(21(9-2)20-11-12-20)19(4)26-14-16-27(17-15-26)23(28)29-24(5,6)7;1-3-4-7-5-6-8(9(10)12)11(7)2/h9-10,13,20H,8,11-12,14-17H2,1-7H3;5-6H,3-4H2,1-2H3,(H2,10,12)/b13-10+,21-9-,22-19-,25-18+;. The summed E-state index contributed by atoms with van der Waals surface area (Å²) in [6.07, 6.45) is 11.6. The van der Waals surface area contributed by atoms with E-state index >= 15 is 0 Å². The van der Waals surface area contributed by atoms with E-state index in [-0.39, 0.29) is 12.0 Å². The van der Waals surface area contributed by atoms with Crippen molar-refractivity contribution in [2.75, 3.05) is 26.2 Å². The van der Waals surface area contributed by atoms with Gasteiger partial charge in [-0.25, -0.2) is 4.79 Å². The fraction of sp³-hybridized carbons (Fsp3) is 0.606. The minimum atomic E-state index is -0.456. The monoisotopic (exact) mass is 567 g/mol. The van der Waals surface area contributed by atoms with E-state index in [9.17, 15) is 9.59 Å². The maximum Gasteiger partial charge on any atom is 0.410 e. The number of carbonyl (C=O) groups is 2. The van der Waals surface area contributed by atoms with Gasteiger partial charge in [-0.15, -0.1) is 0 Å². The average molecular weight is 568 g/mol. The first-order valence-corrected chi connectivity index (χ1v) is 15.1. The molecule has 0 atom stereocenters. The van der Waals surface area contributed by atoms with E-state index < -0.39 is 5.60 Å². The first-order chi connectivity index (χ1) is 19.3. The van der Waals surface area contributed by atoms with Crippen molar-refractivity contribution in [3.05, 3.63) is 58.7 Å². The number of nitrogens with zero attached hydrogens (tertiary/aromatic N) is 4. The van der Waals surface area contributed by atoms with Crippen LogP contribution >= 0.6 is 0 Å². The zero-order valence-corrected chi connectivity index (χ0v) is 26.9. The quantitative estimate of drug-likeness (QED) is 0.268. The molecular weight excluding hydrogens is 514 g/mol. The van der Waals surface area contributed by atoms with Crippen LogP contribution in [0.5, 0.6) is 0 Å². The average Bonchev–Trinajstić information content (AvgIpc) is 3.69. The third-order valence-electron chi connectivity index (χ3n) is 7.34. The Kier molecular flexibility index (Phi) is 12.9. The summed E-state index contributed by atoms with van der Waals surface area (Å²) in [6, 6.07) is 3.72. The predicted molar refractivity (Wildman–Crippen MR) is 169 cm³/mol. The van der Waals surface area contributed by atoms with Crippen LogP contribution in [0.2, 0.25) is 0 Å². The number of aromatic nitrogens is 1. The first kappa shape index (κ1) is 33.9. The highest BCUT2D eigenvalue weighted by Crippen LogP contribution is 2.41. The van der Waals surface area contributed by atoms with Gasteiger partial charge in [0.2, 0.25) is 0 Å². The number of rotatable bonds is 9. The summed E-state index contributed by atoms with van der Waals surface area (Å²) in [4.78, 5) is 32.1. The first-order valence-electron chi connectivity index (χ1n) is 15.1. The summed E-state index contributed by atoms with van der Waals surface area (Å²) in [5, 5.41) is 0. The maximum absolute atomic E-state index is 12.4. The summed E-state index contributed by atoms with van der Waals surface area (Å²) < 4.78 is 7.38. The number of piperazine rings is 1. The minimum absolute atomic E-state index is 0.214. The van der Waals surface area contributed by atoms with Crippen LogP contribution in [0.1, 0.15) is 97.3 Å². The second kappa shape index (κ2) is 15.6. The van der Waals surface area contributed by atoms with Gasteiger partial charge in [0.25, 0.3) is 5.91 Å². The Hall–Kier alpha value is -3.29. The number of ether oxygens (including phenoxy) is 1. The molecule has 2 fully saturated rings. The molecule has 1 aliphatic carbocycles. The highest BCUT2D eigenvalue weighted by Gasteiger charge is 2.32. The van der Waals surface area contributed by atoms with Crippen LogP contribution in [0.4, 0.5) is 4.79 Å². The topological polar surface area (TPSA) is 93.2 Å². The Morgan fingerprint density at radius 2 is 1.68 bits per heavy atom. The van der Waals surface area contributed by atoms with Gasteiger partial charge in [0.1, 0.15) is 11.3 Å². The van der Waals surface area contributed by atoms with Crippen molar-refractivity contribution in [3.8, 4) is 0 Å². The number of allylic oxidation sites excluding steroid dienone is 5. The predicted octanol–water partition coefficient (Wildman–Crippen LogP) is 6.63. The van der Waals surface area contributed by atoms with E-state index in [2.05, 4.69) is 51.7 Å². The van der Waals surface area contributed by atoms with Crippen LogP contribution in [0.3, 0.4) is 0 Å². The lowest BCUT2D eigenvalue weighted by molar-refractivity contribution is 0.0168. The smallest absolute Gasteiger partial charge is 0.410 e. The van der Waals surface area contributed by atoms with E-state index in [1.165, 1.54) is 29.7 Å². The number of carbonyl (C=O) groups excluding carboxylic acids is 2. The van der Waals surface area contributed by atoms with Gasteiger partial charge in [0, 0.05) is 62.1 Å². The maximum atomic E-state index is 12.4. The molecule has 41 heavy (non-hydrogen) atoms. The fourth-order valence-electron chi connectivity index (χ4n) is 5.01. The fourth-order valence-corrected chi connectivity index (χ4v) is 5.01. The number of aliphatic imine (C=N–C) groups is 1. The molecule has 8 heteroatoms. The molecule has 2 amide bonds. The second-order valence-corrected chi connectivity index (χ2v) is 11.8. The van der Waals surface area contributed by atoms with Gasteiger partial charge in [0.15, 0.2) is 0 Å². The van der Waals surface area contributed by atoms with Gasteiger partial charge in [-0.05, 0) is 90.8 Å². The Labute approximate surface area is 248 Å². The number of hydrogen-bond acceptors (Lipinski definition) is 5. The number of amides is 2. The molecule has 8 nitrogen and oxygen atoms in total. The molecule has 3 rings (SSSR count). The zero-order valence-electron chi connectivity index (χ0n) is 26.9. The molecule has 0 bridgehead atoms. The third-order valence-corrected chi connectivity index (χ3v) is 7.34. The SMILES string of the molecule is CCCc1ccc(C(N)=O)n1C.C\C=C(C(/C(C)=N/C=C/CC)=C(/C)N1CCN(C(=O)OC(C)(C)C)CC1)\C1CC1. The number of aryl methyl sites for hydroxylation is 1. The lowest BCUT2D eigenvalue weighted by Gasteiger charge is -2.38. The zero-order chi connectivity index (χ0) is 30.7. The Morgan fingerprint density at radius 3 is 2.15 bits per heavy atom. The van der Waals surface area contributed by atoms with Crippen molar-refractivity contribution in [1.82, 2.24) is 14.4 Å². The molecule has 0 spiro atoms. The van der Waals surface area contributed by atoms with Gasteiger partial charge in [-0.1, -0.05) is 32.4 Å². The van der Waals surface area contributed by atoms with E-state index in [1.807, 2.05) is 49.6 Å². The molecule has 2 N–H and O–H groups in total. The van der Waals surface area contributed by atoms with E-state index in [0.29, 0.717) is 24.7 Å². The normalized spacial score (nSPS) is 17.3. The van der Waals surface area contributed by atoms with E-state index in [4.69, 9.17) is 15.5 Å². The highest BCUT2D eigenvalue weighted by molar-refractivity contribution is 6.03. The van der Waals surface area contributed by atoms with Crippen molar-refractivity contribution in [2.24, 2.45) is 23.7 Å². The van der Waals surface area contributed by atoms with E-state index in [0.717, 1.165) is 43.8 Å². The number of primary amides is 1. The van der Waals surface area contributed by atoms with E-state index in [1.54, 1.807) is 6.07 Å². The lowest BCUT2D eigenvalue weighted by atomic mass is 9.95. The summed E-state index contributed by atoms with van der Waals surface area (Å²) in [7, 11) is 1.87. The molecule has 2 aliphatic rings. The van der Waals surface area contributed by atoms with Crippen molar-refractivity contribution in [3.63, 3.8) is 0 Å². The Balaban J connectivity index is 0.000000408. The molecule has 228 valence electrons. The van der Waals surface area contributed by atoms with Crippen molar-refractivity contribution in [2.45, 2.75) is 93.1 Å². The van der Waals surface area contributed by atoms with Gasteiger partial charge in [-0.3, -0.25) is 9.79 Å². The largest absolute Gasteiger partial charge is 0.444 e. The van der Waals surface area contributed by atoms with Crippen molar-refractivity contribution >= 4 is 17.7 Å². The number of hydrogen-bond donors (Lipinski definition) is 1. The van der Waals surface area contributed by atoms with Gasteiger partial charge < -0.3 is 24.8 Å².